The fourth-order valence-electron chi connectivity index (χ4n) is 1.07. The number of hydrogen-bond acceptors (Lipinski definition) is 7. The Bertz CT molecular complexity index is 346. The largest absolute Gasteiger partial charge is 0.569 e. The Labute approximate surface area is 116 Å². The number of carbonyl (C=O) groups is 2. The van der Waals surface area contributed by atoms with Crippen molar-refractivity contribution in [2.24, 2.45) is 11.2 Å². The minimum Gasteiger partial charge on any atom is -0.569 e. The van der Waals surface area contributed by atoms with E-state index in [-0.39, 0.29) is 23.9 Å². The van der Waals surface area contributed by atoms with Crippen LogP contribution in [-0.2, 0) is 19.1 Å². The monoisotopic (exact) mass is 293 g/mol. The second-order valence-corrected chi connectivity index (χ2v) is 4.20. The van der Waals surface area contributed by atoms with Crippen molar-refractivity contribution in [1.29, 1.82) is 0 Å². The summed E-state index contributed by atoms with van der Waals surface area (Å²) in [6.07, 6.45) is -1.43. The molecule has 0 heterocycles. The van der Waals surface area contributed by atoms with Gasteiger partial charge in [-0.3, -0.25) is 4.79 Å². The summed E-state index contributed by atoms with van der Waals surface area (Å²) in [5.41, 5.74) is 0. The van der Waals surface area contributed by atoms with Crippen molar-refractivity contribution < 1.29 is 34.0 Å². The first-order chi connectivity index (χ1) is 9.32. The van der Waals surface area contributed by atoms with E-state index in [1.54, 1.807) is 0 Å². The van der Waals surface area contributed by atoms with E-state index in [1.807, 2.05) is 13.8 Å². The van der Waals surface area contributed by atoms with Gasteiger partial charge in [0, 0.05) is 0 Å². The molecule has 0 atom stereocenters. The Balaban J connectivity index is 3.78. The Kier molecular flexibility index (Phi) is 8.55. The van der Waals surface area contributed by atoms with Gasteiger partial charge < -0.3 is 24.6 Å². The SMILES string of the molecule is CC(C)CN(C)/[N+]([O-])=N/OCOC(=O)OCCC(=O)O. The molecule has 116 valence electrons. The Morgan fingerprint density at radius 3 is 2.60 bits per heavy atom. The van der Waals surface area contributed by atoms with Crippen LogP contribution in [0.5, 0.6) is 0 Å². The van der Waals surface area contributed by atoms with Crippen molar-refractivity contribution in [3.05, 3.63) is 5.21 Å². The summed E-state index contributed by atoms with van der Waals surface area (Å²) in [5.74, 6) is -0.827. The van der Waals surface area contributed by atoms with Crippen molar-refractivity contribution in [2.75, 3.05) is 27.0 Å². The molecule has 0 aromatic heterocycles. The maximum absolute atomic E-state index is 11.3. The van der Waals surface area contributed by atoms with Crippen molar-refractivity contribution in [1.82, 2.24) is 5.01 Å². The highest BCUT2D eigenvalue weighted by atomic mass is 16.8. The zero-order valence-electron chi connectivity index (χ0n) is 11.6. The third-order valence-electron chi connectivity index (χ3n) is 1.81. The average Bonchev–Trinajstić information content (AvgIpc) is 2.33. The molecule has 0 rings (SSSR count). The molecule has 0 unspecified atom stereocenters. The highest BCUT2D eigenvalue weighted by molar-refractivity contribution is 5.67. The summed E-state index contributed by atoms with van der Waals surface area (Å²) < 4.78 is 8.78. The van der Waals surface area contributed by atoms with Crippen LogP contribution in [0.1, 0.15) is 20.3 Å². The smallest absolute Gasteiger partial charge is 0.511 e. The molecular formula is C10H19N3O7. The molecule has 0 aliphatic heterocycles. The lowest BCUT2D eigenvalue weighted by molar-refractivity contribution is -0.707. The molecule has 0 spiro atoms. The maximum atomic E-state index is 11.3. The Morgan fingerprint density at radius 2 is 2.05 bits per heavy atom. The van der Waals surface area contributed by atoms with Crippen molar-refractivity contribution >= 4 is 12.1 Å². The third-order valence-corrected chi connectivity index (χ3v) is 1.81. The lowest BCUT2D eigenvalue weighted by Gasteiger charge is -2.14. The third kappa shape index (κ3) is 9.74. The molecule has 0 aliphatic rings. The van der Waals surface area contributed by atoms with Crippen LogP contribution in [0.3, 0.4) is 0 Å². The van der Waals surface area contributed by atoms with Crippen LogP contribution < -0.4 is 0 Å². The lowest BCUT2D eigenvalue weighted by atomic mass is 10.2. The zero-order valence-corrected chi connectivity index (χ0v) is 11.6. The van der Waals surface area contributed by atoms with Crippen molar-refractivity contribution in [3.8, 4) is 0 Å². The van der Waals surface area contributed by atoms with Crippen LogP contribution >= 0.6 is 0 Å². The number of hydrazine groups is 1. The molecule has 0 aromatic rings. The minimum atomic E-state index is -1.10. The molecule has 0 bridgehead atoms. The summed E-state index contributed by atoms with van der Waals surface area (Å²) in [5, 5.41) is 24.0. The quantitative estimate of drug-likeness (QED) is 0.166. The number of hydrogen-bond donors (Lipinski definition) is 1. The van der Waals surface area contributed by atoms with Gasteiger partial charge in [-0.1, -0.05) is 13.8 Å². The summed E-state index contributed by atoms with van der Waals surface area (Å²) >= 11 is 0. The van der Waals surface area contributed by atoms with Crippen LogP contribution in [-0.4, -0.2) is 54.2 Å². The van der Waals surface area contributed by atoms with Gasteiger partial charge in [0.05, 0.1) is 25.0 Å². The molecule has 0 saturated heterocycles. The predicted molar refractivity (Wildman–Crippen MR) is 64.2 cm³/mol. The van der Waals surface area contributed by atoms with Gasteiger partial charge in [0.2, 0.25) is 5.28 Å². The van der Waals surface area contributed by atoms with Gasteiger partial charge in [-0.25, -0.2) is 4.79 Å². The van der Waals surface area contributed by atoms with E-state index in [0.29, 0.717) is 6.54 Å². The van der Waals surface area contributed by atoms with Crippen LogP contribution in [0.2, 0.25) is 0 Å². The van der Waals surface area contributed by atoms with Crippen LogP contribution in [0, 0.1) is 11.1 Å². The molecule has 10 nitrogen and oxygen atoms in total. The molecule has 0 radical (unpaired) electrons. The summed E-state index contributed by atoms with van der Waals surface area (Å²) in [6.45, 7) is 3.42. The van der Waals surface area contributed by atoms with Gasteiger partial charge >= 0.3 is 12.1 Å². The normalized spacial score (nSPS) is 11.1. The van der Waals surface area contributed by atoms with Gasteiger partial charge in [0.1, 0.15) is 6.61 Å². The minimum absolute atomic E-state index is 0.221. The highest BCUT2D eigenvalue weighted by Crippen LogP contribution is 1.97. The zero-order chi connectivity index (χ0) is 15.5. The molecule has 20 heavy (non-hydrogen) atoms. The number of nitrogens with zero attached hydrogens (tertiary/aromatic N) is 3. The fourth-order valence-corrected chi connectivity index (χ4v) is 1.07. The first-order valence-corrected chi connectivity index (χ1v) is 5.85. The topological polar surface area (TPSA) is 124 Å². The van der Waals surface area contributed by atoms with E-state index < -0.39 is 18.9 Å². The van der Waals surface area contributed by atoms with Gasteiger partial charge in [-0.15, -0.1) is 5.01 Å². The fraction of sp³-hybridized carbons (Fsp3) is 0.800. The molecule has 1 N–H and O–H groups in total. The molecular weight excluding hydrogens is 274 g/mol. The number of carboxylic acid groups (broad SMARTS) is 1. The number of rotatable bonds is 9. The van der Waals surface area contributed by atoms with E-state index in [1.165, 1.54) is 12.1 Å². The lowest BCUT2D eigenvalue weighted by Crippen LogP contribution is -2.30. The first-order valence-electron chi connectivity index (χ1n) is 5.85. The molecule has 0 aliphatic carbocycles. The van der Waals surface area contributed by atoms with Crippen LogP contribution in [0.25, 0.3) is 0 Å². The van der Waals surface area contributed by atoms with E-state index in [0.717, 1.165) is 0 Å². The molecule has 0 saturated carbocycles. The van der Waals surface area contributed by atoms with Crippen molar-refractivity contribution in [2.45, 2.75) is 20.3 Å². The number of ether oxygens (including phenoxy) is 2. The second-order valence-electron chi connectivity index (χ2n) is 4.20. The molecule has 0 aromatic carbocycles. The Morgan fingerprint density at radius 1 is 1.40 bits per heavy atom. The summed E-state index contributed by atoms with van der Waals surface area (Å²) in [6, 6.07) is 0. The van der Waals surface area contributed by atoms with Gasteiger partial charge in [-0.05, 0) is 5.92 Å². The first kappa shape index (κ1) is 17.7. The van der Waals surface area contributed by atoms with E-state index >= 15 is 0 Å². The maximum Gasteiger partial charge on any atom is 0.511 e. The molecule has 0 fully saturated rings. The van der Waals surface area contributed by atoms with Crippen molar-refractivity contribution in [3.63, 3.8) is 0 Å². The van der Waals surface area contributed by atoms with Gasteiger partial charge in [-0.2, -0.15) is 0 Å². The van der Waals surface area contributed by atoms with Gasteiger partial charge in [0.15, 0.2) is 0 Å². The standard InChI is InChI=1S/C10H19N3O7/c1-8(2)6-12(3)13(17)11-20-7-19-10(16)18-5-4-9(14)15/h8H,4-7H2,1-3H3,(H,14,15)/b13-11-. The highest BCUT2D eigenvalue weighted by Gasteiger charge is 2.09. The van der Waals surface area contributed by atoms with E-state index in [4.69, 9.17) is 5.11 Å². The summed E-state index contributed by atoms with van der Waals surface area (Å²) in [4.78, 5) is 25.7. The number of carboxylic acids is 1. The number of carbonyl (C=O) groups excluding carboxylic acids is 1. The molecule has 10 heteroatoms. The predicted octanol–water partition coefficient (Wildman–Crippen LogP) is 0.969. The number of aliphatic carboxylic acids is 1. The van der Waals surface area contributed by atoms with E-state index in [9.17, 15) is 14.8 Å². The van der Waals surface area contributed by atoms with Crippen LogP contribution in [0.15, 0.2) is 5.28 Å². The van der Waals surface area contributed by atoms with E-state index in [2.05, 4.69) is 19.6 Å². The molecule has 0 amide bonds. The second kappa shape index (κ2) is 9.64. The Hall–Kier alpha value is -2.26. The summed E-state index contributed by atoms with van der Waals surface area (Å²) in [7, 11) is 1.53. The van der Waals surface area contributed by atoms with Gasteiger partial charge in [0.25, 0.3) is 6.79 Å². The van der Waals surface area contributed by atoms with Crippen LogP contribution in [0.4, 0.5) is 4.79 Å². The average molecular weight is 293 g/mol.